The molecular formula is C6H10ClNO. The highest BCUT2D eigenvalue weighted by molar-refractivity contribution is 5.85. The minimum atomic E-state index is 0. The van der Waals surface area contributed by atoms with Gasteiger partial charge in [-0.25, -0.2) is 5.90 Å². The first-order valence-electron chi connectivity index (χ1n) is 2.32. The van der Waals surface area contributed by atoms with Gasteiger partial charge in [0, 0.05) is 6.42 Å². The van der Waals surface area contributed by atoms with Crippen LogP contribution in [-0.4, -0.2) is 6.61 Å². The first-order chi connectivity index (χ1) is 3.91. The summed E-state index contributed by atoms with van der Waals surface area (Å²) in [6.45, 7) is 0.432. The molecule has 0 amide bonds. The number of hydrogen-bond donors (Lipinski definition) is 1. The van der Waals surface area contributed by atoms with Gasteiger partial charge in [0.15, 0.2) is 0 Å². The smallest absolute Gasteiger partial charge is 0.0861 e. The molecule has 0 aliphatic carbocycles. The average Bonchev–Trinajstić information content (AvgIpc) is 1.81. The minimum Gasteiger partial charge on any atom is -0.300 e. The van der Waals surface area contributed by atoms with Crippen LogP contribution in [0.4, 0.5) is 0 Å². The molecule has 0 unspecified atom stereocenters. The van der Waals surface area contributed by atoms with Crippen molar-refractivity contribution >= 4 is 12.4 Å². The second-order valence-corrected chi connectivity index (χ2v) is 1.21. The summed E-state index contributed by atoms with van der Waals surface area (Å²) in [4.78, 5) is 4.23. The van der Waals surface area contributed by atoms with E-state index < -0.39 is 0 Å². The number of terminal acetylenes is 1. The van der Waals surface area contributed by atoms with Gasteiger partial charge in [-0.15, -0.1) is 24.8 Å². The summed E-state index contributed by atoms with van der Waals surface area (Å²) in [6, 6.07) is 0. The molecule has 0 atom stereocenters. The van der Waals surface area contributed by atoms with Crippen LogP contribution in [0.25, 0.3) is 0 Å². The van der Waals surface area contributed by atoms with Gasteiger partial charge in [0.25, 0.3) is 0 Å². The van der Waals surface area contributed by atoms with Crippen LogP contribution in [0.15, 0.2) is 12.2 Å². The lowest BCUT2D eigenvalue weighted by molar-refractivity contribution is 0.168. The van der Waals surface area contributed by atoms with Crippen molar-refractivity contribution < 1.29 is 4.84 Å². The van der Waals surface area contributed by atoms with Crippen LogP contribution in [0.2, 0.25) is 0 Å². The van der Waals surface area contributed by atoms with Crippen LogP contribution in [0.1, 0.15) is 6.42 Å². The summed E-state index contributed by atoms with van der Waals surface area (Å²) < 4.78 is 0. The van der Waals surface area contributed by atoms with Crippen molar-refractivity contribution in [1.82, 2.24) is 0 Å². The molecule has 0 spiro atoms. The Kier molecular flexibility index (Phi) is 13.2. The van der Waals surface area contributed by atoms with E-state index in [0.29, 0.717) is 13.0 Å². The van der Waals surface area contributed by atoms with E-state index in [1.165, 1.54) is 0 Å². The van der Waals surface area contributed by atoms with Crippen LogP contribution >= 0.6 is 12.4 Å². The van der Waals surface area contributed by atoms with E-state index in [4.69, 9.17) is 12.3 Å². The molecule has 2 N–H and O–H groups in total. The van der Waals surface area contributed by atoms with E-state index in [1.54, 1.807) is 6.08 Å². The van der Waals surface area contributed by atoms with Crippen molar-refractivity contribution in [2.75, 3.05) is 6.61 Å². The highest BCUT2D eigenvalue weighted by Crippen LogP contribution is 1.77. The molecule has 0 aromatic heterocycles. The topological polar surface area (TPSA) is 35.2 Å². The fraction of sp³-hybridized carbons (Fsp3) is 0.333. The van der Waals surface area contributed by atoms with Crippen LogP contribution in [0, 0.1) is 12.3 Å². The molecule has 0 saturated carbocycles. The summed E-state index contributed by atoms with van der Waals surface area (Å²) in [6.07, 6.45) is 9.18. The second-order valence-electron chi connectivity index (χ2n) is 1.21. The number of allylic oxidation sites excluding steroid dienone is 1. The number of nitrogens with two attached hydrogens (primary N) is 1. The quantitative estimate of drug-likeness (QED) is 0.366. The van der Waals surface area contributed by atoms with Crippen molar-refractivity contribution in [3.05, 3.63) is 12.2 Å². The molecule has 0 saturated heterocycles. The van der Waals surface area contributed by atoms with Crippen molar-refractivity contribution in [2.45, 2.75) is 6.42 Å². The zero-order valence-electron chi connectivity index (χ0n) is 5.04. The zero-order chi connectivity index (χ0) is 6.24. The third-order valence-corrected chi connectivity index (χ3v) is 0.595. The maximum Gasteiger partial charge on any atom is 0.0861 e. The maximum atomic E-state index is 4.94. The molecule has 0 aliphatic rings. The fourth-order valence-corrected chi connectivity index (χ4v) is 0.275. The molecule has 0 rings (SSSR count). The standard InChI is InChI=1S/C6H9NO.ClH/c1-2-3-4-5-6-8-7;/h1,4-5H,3,6-7H2;1H. The maximum absolute atomic E-state index is 4.94. The van der Waals surface area contributed by atoms with E-state index >= 15 is 0 Å². The molecule has 2 nitrogen and oxygen atoms in total. The van der Waals surface area contributed by atoms with Gasteiger partial charge < -0.3 is 4.84 Å². The average molecular weight is 148 g/mol. The van der Waals surface area contributed by atoms with Gasteiger partial charge in [0.2, 0.25) is 0 Å². The predicted octanol–water partition coefficient (Wildman–Crippen LogP) is 0.878. The normalized spacial score (nSPS) is 8.44. The minimum absolute atomic E-state index is 0. The highest BCUT2D eigenvalue weighted by atomic mass is 35.5. The molecule has 0 aromatic rings. The summed E-state index contributed by atoms with van der Waals surface area (Å²) in [7, 11) is 0. The lowest BCUT2D eigenvalue weighted by Gasteiger charge is -1.83. The molecule has 0 radical (unpaired) electrons. The van der Waals surface area contributed by atoms with E-state index in [9.17, 15) is 0 Å². The fourth-order valence-electron chi connectivity index (χ4n) is 0.275. The van der Waals surface area contributed by atoms with Crippen LogP contribution in [0.3, 0.4) is 0 Å². The first kappa shape index (κ1) is 11.3. The molecule has 0 fully saturated rings. The Morgan fingerprint density at radius 3 is 2.67 bits per heavy atom. The molecule has 0 aliphatic heterocycles. The molecular weight excluding hydrogens is 138 g/mol. The summed E-state index contributed by atoms with van der Waals surface area (Å²) in [5.74, 6) is 7.15. The monoisotopic (exact) mass is 147 g/mol. The van der Waals surface area contributed by atoms with Gasteiger partial charge in [0.1, 0.15) is 0 Å². The molecule has 0 heterocycles. The zero-order valence-corrected chi connectivity index (χ0v) is 5.86. The van der Waals surface area contributed by atoms with Gasteiger partial charge in [-0.2, -0.15) is 0 Å². The van der Waals surface area contributed by atoms with Gasteiger partial charge in [-0.05, 0) is 0 Å². The Morgan fingerprint density at radius 1 is 1.56 bits per heavy atom. The van der Waals surface area contributed by atoms with Crippen LogP contribution < -0.4 is 5.90 Å². The van der Waals surface area contributed by atoms with Crippen LogP contribution in [0.5, 0.6) is 0 Å². The molecule has 9 heavy (non-hydrogen) atoms. The number of halogens is 1. The van der Waals surface area contributed by atoms with Crippen molar-refractivity contribution in [3.8, 4) is 12.3 Å². The van der Waals surface area contributed by atoms with E-state index in [2.05, 4.69) is 10.8 Å². The van der Waals surface area contributed by atoms with Crippen molar-refractivity contribution in [2.24, 2.45) is 5.90 Å². The SMILES string of the molecule is C#CCC=CCON.Cl. The highest BCUT2D eigenvalue weighted by Gasteiger charge is 1.68. The summed E-state index contributed by atoms with van der Waals surface area (Å²) in [5.41, 5.74) is 0. The van der Waals surface area contributed by atoms with Crippen LogP contribution in [-0.2, 0) is 4.84 Å². The third-order valence-electron chi connectivity index (χ3n) is 0.595. The van der Waals surface area contributed by atoms with Gasteiger partial charge in [-0.3, -0.25) is 0 Å². The second kappa shape index (κ2) is 10.5. The van der Waals surface area contributed by atoms with Gasteiger partial charge in [-0.1, -0.05) is 12.2 Å². The predicted molar refractivity (Wildman–Crippen MR) is 40.0 cm³/mol. The number of hydrogen-bond acceptors (Lipinski definition) is 2. The summed E-state index contributed by atoms with van der Waals surface area (Å²) >= 11 is 0. The Morgan fingerprint density at radius 2 is 2.22 bits per heavy atom. The van der Waals surface area contributed by atoms with Crippen molar-refractivity contribution in [1.29, 1.82) is 0 Å². The third kappa shape index (κ3) is 11.2. The molecule has 3 heteroatoms. The molecule has 0 bridgehead atoms. The van der Waals surface area contributed by atoms with Gasteiger partial charge >= 0.3 is 0 Å². The number of rotatable bonds is 3. The Bertz CT molecular complexity index is 106. The Labute approximate surface area is 61.4 Å². The Hall–Kier alpha value is -0.490. The largest absolute Gasteiger partial charge is 0.300 e. The van der Waals surface area contributed by atoms with E-state index in [0.717, 1.165) is 0 Å². The Balaban J connectivity index is 0. The van der Waals surface area contributed by atoms with E-state index in [-0.39, 0.29) is 12.4 Å². The van der Waals surface area contributed by atoms with Gasteiger partial charge in [0.05, 0.1) is 6.61 Å². The molecule has 0 aromatic carbocycles. The lowest BCUT2D eigenvalue weighted by atomic mass is 10.4. The lowest BCUT2D eigenvalue weighted by Crippen LogP contribution is -1.96. The van der Waals surface area contributed by atoms with Crippen molar-refractivity contribution in [3.63, 3.8) is 0 Å². The summed E-state index contributed by atoms with van der Waals surface area (Å²) in [5, 5.41) is 0. The first-order valence-corrected chi connectivity index (χ1v) is 2.32. The van der Waals surface area contributed by atoms with E-state index in [1.807, 2.05) is 6.08 Å². The molecule has 52 valence electrons.